The van der Waals surface area contributed by atoms with Gasteiger partial charge in [0, 0.05) is 12.3 Å². The Kier molecular flexibility index (Phi) is 3.55. The van der Waals surface area contributed by atoms with Crippen LogP contribution < -0.4 is 4.74 Å². The van der Waals surface area contributed by atoms with Gasteiger partial charge in [0.05, 0.1) is 5.56 Å². The van der Waals surface area contributed by atoms with Crippen molar-refractivity contribution in [1.82, 2.24) is 9.97 Å². The maximum atomic E-state index is 12.5. The minimum absolute atomic E-state index is 0.102. The first-order valence-electron chi connectivity index (χ1n) is 5.28. The fraction of sp³-hybridized carbons (Fsp3) is 0.0833. The van der Waals surface area contributed by atoms with Crippen LogP contribution in [0.4, 0.5) is 13.2 Å². The van der Waals surface area contributed by atoms with Gasteiger partial charge >= 0.3 is 12.1 Å². The van der Waals surface area contributed by atoms with E-state index in [9.17, 15) is 18.0 Å². The van der Waals surface area contributed by atoms with Crippen LogP contribution in [0.1, 0.15) is 16.2 Å². The summed E-state index contributed by atoms with van der Waals surface area (Å²) in [7, 11) is 0. The predicted molar refractivity (Wildman–Crippen MR) is 60.5 cm³/mol. The second-order valence-electron chi connectivity index (χ2n) is 3.65. The quantitative estimate of drug-likeness (QED) is 0.938. The first-order chi connectivity index (χ1) is 9.36. The Bertz CT molecular complexity index is 644. The van der Waals surface area contributed by atoms with E-state index in [1.165, 1.54) is 18.2 Å². The molecule has 1 aromatic carbocycles. The van der Waals surface area contributed by atoms with E-state index in [0.29, 0.717) is 0 Å². The Hall–Kier alpha value is -2.64. The van der Waals surface area contributed by atoms with Gasteiger partial charge in [-0.3, -0.25) is 0 Å². The van der Waals surface area contributed by atoms with E-state index >= 15 is 0 Å². The highest BCUT2D eigenvalue weighted by Gasteiger charge is 2.30. The number of aromatic nitrogens is 2. The fourth-order valence-electron chi connectivity index (χ4n) is 1.36. The van der Waals surface area contributed by atoms with Crippen molar-refractivity contribution in [3.8, 4) is 11.6 Å². The smallest absolute Gasteiger partial charge is 0.416 e. The van der Waals surface area contributed by atoms with Crippen LogP contribution in [0.5, 0.6) is 11.6 Å². The molecule has 104 valence electrons. The molecule has 0 spiro atoms. The molecule has 0 unspecified atom stereocenters. The van der Waals surface area contributed by atoms with Crippen LogP contribution in [0.25, 0.3) is 0 Å². The van der Waals surface area contributed by atoms with Crippen molar-refractivity contribution >= 4 is 5.97 Å². The molecule has 1 heterocycles. The molecular weight excluding hydrogens is 277 g/mol. The Morgan fingerprint density at radius 3 is 2.65 bits per heavy atom. The summed E-state index contributed by atoms with van der Waals surface area (Å²) in [5.41, 5.74) is -0.873. The zero-order valence-electron chi connectivity index (χ0n) is 9.76. The number of benzene rings is 1. The van der Waals surface area contributed by atoms with E-state index in [1.54, 1.807) is 0 Å². The summed E-state index contributed by atoms with van der Waals surface area (Å²) in [6, 6.07) is 5.42. The van der Waals surface area contributed by atoms with Gasteiger partial charge in [-0.1, -0.05) is 6.07 Å². The summed E-state index contributed by atoms with van der Waals surface area (Å²) in [6.07, 6.45) is -3.35. The maximum absolute atomic E-state index is 12.5. The minimum atomic E-state index is -4.49. The van der Waals surface area contributed by atoms with Gasteiger partial charge in [0.15, 0.2) is 0 Å². The predicted octanol–water partition coefficient (Wildman–Crippen LogP) is 2.99. The number of carboxylic acids is 1. The number of halogens is 3. The van der Waals surface area contributed by atoms with Gasteiger partial charge in [0.1, 0.15) is 5.75 Å². The molecule has 1 aromatic heterocycles. The van der Waals surface area contributed by atoms with Crippen molar-refractivity contribution in [2.24, 2.45) is 0 Å². The van der Waals surface area contributed by atoms with Crippen LogP contribution in [0.15, 0.2) is 36.5 Å². The number of nitrogens with zero attached hydrogens (tertiary/aromatic N) is 2. The lowest BCUT2D eigenvalue weighted by Gasteiger charge is -2.09. The van der Waals surface area contributed by atoms with Crippen molar-refractivity contribution in [3.63, 3.8) is 0 Å². The second-order valence-corrected chi connectivity index (χ2v) is 3.65. The summed E-state index contributed by atoms with van der Waals surface area (Å²) < 4.78 is 42.6. The number of ether oxygens (including phenoxy) is 1. The van der Waals surface area contributed by atoms with E-state index < -0.39 is 23.5 Å². The maximum Gasteiger partial charge on any atom is 0.416 e. The molecule has 1 N–H and O–H groups in total. The normalized spacial score (nSPS) is 11.2. The lowest BCUT2D eigenvalue weighted by atomic mass is 10.2. The Morgan fingerprint density at radius 2 is 2.00 bits per heavy atom. The monoisotopic (exact) mass is 284 g/mol. The van der Waals surface area contributed by atoms with Gasteiger partial charge in [-0.05, 0) is 18.2 Å². The van der Waals surface area contributed by atoms with Crippen LogP contribution in [0.3, 0.4) is 0 Å². The SMILES string of the molecule is O=C(O)c1nccc(Oc2cccc(C(F)(F)F)c2)n1. The van der Waals surface area contributed by atoms with Crippen LogP contribution in [0.2, 0.25) is 0 Å². The average molecular weight is 284 g/mol. The molecule has 20 heavy (non-hydrogen) atoms. The van der Waals surface area contributed by atoms with Crippen molar-refractivity contribution in [2.45, 2.75) is 6.18 Å². The minimum Gasteiger partial charge on any atom is -0.475 e. The van der Waals surface area contributed by atoms with Crippen molar-refractivity contribution in [2.75, 3.05) is 0 Å². The van der Waals surface area contributed by atoms with Crippen LogP contribution in [0, 0.1) is 0 Å². The van der Waals surface area contributed by atoms with Gasteiger partial charge in [-0.15, -0.1) is 0 Å². The van der Waals surface area contributed by atoms with Gasteiger partial charge < -0.3 is 9.84 Å². The molecule has 8 heteroatoms. The summed E-state index contributed by atoms with van der Waals surface area (Å²) in [5, 5.41) is 8.70. The van der Waals surface area contributed by atoms with Crippen molar-refractivity contribution in [3.05, 3.63) is 47.9 Å². The zero-order valence-corrected chi connectivity index (χ0v) is 9.76. The molecule has 2 aromatic rings. The van der Waals surface area contributed by atoms with E-state index in [2.05, 4.69) is 9.97 Å². The van der Waals surface area contributed by atoms with Gasteiger partial charge in [-0.25, -0.2) is 9.78 Å². The third kappa shape index (κ3) is 3.22. The first-order valence-corrected chi connectivity index (χ1v) is 5.28. The lowest BCUT2D eigenvalue weighted by Crippen LogP contribution is -2.05. The van der Waals surface area contributed by atoms with Gasteiger partial charge in [0.25, 0.3) is 0 Å². The van der Waals surface area contributed by atoms with Gasteiger partial charge in [0.2, 0.25) is 11.7 Å². The summed E-state index contributed by atoms with van der Waals surface area (Å²) >= 11 is 0. The highest BCUT2D eigenvalue weighted by Crippen LogP contribution is 2.32. The Balaban J connectivity index is 2.26. The van der Waals surface area contributed by atoms with Crippen molar-refractivity contribution < 1.29 is 27.8 Å². The molecule has 0 aliphatic heterocycles. The third-order valence-corrected chi connectivity index (χ3v) is 2.21. The first kappa shape index (κ1) is 13.8. The van der Waals surface area contributed by atoms with E-state index in [1.807, 2.05) is 0 Å². The molecule has 0 aliphatic rings. The van der Waals surface area contributed by atoms with Crippen molar-refractivity contribution in [1.29, 1.82) is 0 Å². The number of rotatable bonds is 3. The van der Waals surface area contributed by atoms with E-state index in [4.69, 9.17) is 9.84 Å². The molecular formula is C12H7F3N2O3. The molecule has 0 saturated carbocycles. The number of carbonyl (C=O) groups is 1. The average Bonchev–Trinajstić information content (AvgIpc) is 2.38. The van der Waals surface area contributed by atoms with E-state index in [0.717, 1.165) is 18.3 Å². The number of alkyl halides is 3. The lowest BCUT2D eigenvalue weighted by molar-refractivity contribution is -0.137. The summed E-state index contributed by atoms with van der Waals surface area (Å²) in [4.78, 5) is 17.7. The molecule has 5 nitrogen and oxygen atoms in total. The molecule has 0 bridgehead atoms. The molecule has 0 aliphatic carbocycles. The summed E-state index contributed by atoms with van der Waals surface area (Å²) in [6.45, 7) is 0. The second kappa shape index (κ2) is 5.16. The number of hydrogen-bond acceptors (Lipinski definition) is 4. The molecule has 0 amide bonds. The highest BCUT2D eigenvalue weighted by atomic mass is 19.4. The van der Waals surface area contributed by atoms with Gasteiger partial charge in [-0.2, -0.15) is 18.2 Å². The van der Waals surface area contributed by atoms with E-state index in [-0.39, 0.29) is 11.6 Å². The standard InChI is InChI=1S/C12H7F3N2O3/c13-12(14,15)7-2-1-3-8(6-7)20-9-4-5-16-10(17-9)11(18)19/h1-6H,(H,18,19). The summed E-state index contributed by atoms with van der Waals surface area (Å²) in [5.74, 6) is -2.12. The Labute approximate surface area is 110 Å². The van der Waals surface area contributed by atoms with Crippen LogP contribution >= 0.6 is 0 Å². The molecule has 2 rings (SSSR count). The largest absolute Gasteiger partial charge is 0.475 e. The fourth-order valence-corrected chi connectivity index (χ4v) is 1.36. The highest BCUT2D eigenvalue weighted by molar-refractivity contribution is 5.83. The zero-order chi connectivity index (χ0) is 14.8. The topological polar surface area (TPSA) is 72.3 Å². The number of aromatic carboxylic acids is 1. The number of carboxylic acid groups (broad SMARTS) is 1. The molecule has 0 saturated heterocycles. The molecule has 0 atom stereocenters. The molecule has 0 fully saturated rings. The Morgan fingerprint density at radius 1 is 1.25 bits per heavy atom. The number of hydrogen-bond donors (Lipinski definition) is 1. The van der Waals surface area contributed by atoms with Crippen LogP contribution in [-0.2, 0) is 6.18 Å². The third-order valence-electron chi connectivity index (χ3n) is 2.21. The molecule has 0 radical (unpaired) electrons. The van der Waals surface area contributed by atoms with Crippen LogP contribution in [-0.4, -0.2) is 21.0 Å².